The van der Waals surface area contributed by atoms with Crippen LogP contribution in [0, 0.1) is 19.3 Å². The molecule has 3 heterocycles. The van der Waals surface area contributed by atoms with Gasteiger partial charge < -0.3 is 9.88 Å². The molecule has 0 aliphatic rings. The molecule has 3 aromatic heterocycles. The zero-order valence-electron chi connectivity index (χ0n) is 21.5. The number of amides is 1. The zero-order chi connectivity index (χ0) is 26.2. The first-order valence-corrected chi connectivity index (χ1v) is 11.8. The molecule has 1 aromatic carbocycles. The van der Waals surface area contributed by atoms with Crippen molar-refractivity contribution in [1.29, 1.82) is 0 Å². The smallest absolute Gasteiger partial charge is 0.258 e. The summed E-state index contributed by atoms with van der Waals surface area (Å²) in [5, 5.41) is 3.77. The summed E-state index contributed by atoms with van der Waals surface area (Å²) < 4.78 is 1.63. The van der Waals surface area contributed by atoms with Gasteiger partial charge >= 0.3 is 0 Å². The number of rotatable bonds is 5. The fourth-order valence-corrected chi connectivity index (χ4v) is 4.00. The summed E-state index contributed by atoms with van der Waals surface area (Å²) in [5.41, 5.74) is 4.77. The van der Waals surface area contributed by atoms with Crippen LogP contribution in [0.25, 0.3) is 22.0 Å². The largest absolute Gasteiger partial charge is 0.322 e. The zero-order valence-corrected chi connectivity index (χ0v) is 21.5. The van der Waals surface area contributed by atoms with E-state index < -0.39 is 5.41 Å². The molecule has 0 saturated heterocycles. The van der Waals surface area contributed by atoms with E-state index in [0.29, 0.717) is 22.5 Å². The Bertz CT molecular complexity index is 1560. The second kappa shape index (κ2) is 9.49. The number of anilines is 1. The van der Waals surface area contributed by atoms with Gasteiger partial charge in [0.1, 0.15) is 5.78 Å². The Hall–Kier alpha value is -4.13. The maximum Gasteiger partial charge on any atom is 0.258 e. The predicted molar refractivity (Wildman–Crippen MR) is 142 cm³/mol. The lowest BCUT2D eigenvalue weighted by atomic mass is 9.88. The maximum atomic E-state index is 13.2. The molecule has 7 nitrogen and oxygen atoms in total. The second-order valence-electron chi connectivity index (χ2n) is 10.2. The SMILES string of the molecule is Cc1cc2c(cn1)cc(-c1cc(NC(=O)c3ccnc(CC(=O)C(C)(C)C)c3)ccc1C)c(=O)n2C. The number of benzene rings is 1. The van der Waals surface area contributed by atoms with Gasteiger partial charge in [0.2, 0.25) is 0 Å². The number of aryl methyl sites for hydroxylation is 3. The summed E-state index contributed by atoms with van der Waals surface area (Å²) in [6, 6.07) is 12.5. The lowest BCUT2D eigenvalue weighted by Crippen LogP contribution is -2.23. The van der Waals surface area contributed by atoms with E-state index in [0.717, 1.165) is 27.7 Å². The minimum atomic E-state index is -0.479. The van der Waals surface area contributed by atoms with Crippen molar-refractivity contribution in [3.8, 4) is 11.1 Å². The summed E-state index contributed by atoms with van der Waals surface area (Å²) >= 11 is 0. The van der Waals surface area contributed by atoms with E-state index in [1.165, 1.54) is 6.20 Å². The summed E-state index contributed by atoms with van der Waals surface area (Å²) in [4.78, 5) is 47.2. The number of hydrogen-bond acceptors (Lipinski definition) is 5. The molecule has 4 rings (SSSR count). The van der Waals surface area contributed by atoms with Crippen LogP contribution < -0.4 is 10.9 Å². The van der Waals surface area contributed by atoms with E-state index in [9.17, 15) is 14.4 Å². The number of nitrogens with one attached hydrogen (secondary N) is 1. The van der Waals surface area contributed by atoms with Gasteiger partial charge in [0.15, 0.2) is 0 Å². The Morgan fingerprint density at radius 1 is 0.972 bits per heavy atom. The molecule has 0 fully saturated rings. The van der Waals surface area contributed by atoms with E-state index in [4.69, 9.17) is 0 Å². The molecule has 0 spiro atoms. The van der Waals surface area contributed by atoms with Gasteiger partial charge in [-0.2, -0.15) is 0 Å². The highest BCUT2D eigenvalue weighted by molar-refractivity contribution is 6.04. The molecule has 0 unspecified atom stereocenters. The van der Waals surface area contributed by atoms with Gasteiger partial charge in [-0.05, 0) is 61.4 Å². The molecule has 1 N–H and O–H groups in total. The Morgan fingerprint density at radius 2 is 1.72 bits per heavy atom. The molecule has 0 aliphatic carbocycles. The van der Waals surface area contributed by atoms with Crippen LogP contribution >= 0.6 is 0 Å². The first kappa shape index (κ1) is 25.0. The number of carbonyl (C=O) groups is 2. The lowest BCUT2D eigenvalue weighted by Gasteiger charge is -2.16. The summed E-state index contributed by atoms with van der Waals surface area (Å²) in [5.74, 6) is -0.263. The minimum Gasteiger partial charge on any atom is -0.322 e. The van der Waals surface area contributed by atoms with Crippen LogP contribution in [0.5, 0.6) is 0 Å². The molecule has 36 heavy (non-hydrogen) atoms. The topological polar surface area (TPSA) is 94.0 Å². The van der Waals surface area contributed by atoms with Crippen molar-refractivity contribution in [2.45, 2.75) is 41.0 Å². The lowest BCUT2D eigenvalue weighted by molar-refractivity contribution is -0.125. The van der Waals surface area contributed by atoms with Crippen molar-refractivity contribution in [1.82, 2.24) is 14.5 Å². The number of Topliss-reactive ketones (excluding diaryl/α,β-unsaturated/α-hetero) is 1. The van der Waals surface area contributed by atoms with Crippen LogP contribution in [0.4, 0.5) is 5.69 Å². The van der Waals surface area contributed by atoms with Gasteiger partial charge in [-0.1, -0.05) is 26.8 Å². The summed E-state index contributed by atoms with van der Waals surface area (Å²) in [6.07, 6.45) is 3.47. The standard InChI is InChI=1S/C29H30N4O3/c1-17-7-8-21(32-27(35)19-9-10-30-22(12-19)15-26(34)29(3,4)5)14-23(17)24-13-20-16-31-18(2)11-25(20)33(6)28(24)36/h7-14,16H,15H2,1-6H3,(H,32,35). The molecule has 0 atom stereocenters. The fourth-order valence-electron chi connectivity index (χ4n) is 4.00. The monoisotopic (exact) mass is 482 g/mol. The second-order valence-corrected chi connectivity index (χ2v) is 10.2. The van der Waals surface area contributed by atoms with Crippen LogP contribution in [0.2, 0.25) is 0 Å². The van der Waals surface area contributed by atoms with Gasteiger partial charge in [0, 0.05) is 64.9 Å². The summed E-state index contributed by atoms with van der Waals surface area (Å²) in [6.45, 7) is 9.41. The highest BCUT2D eigenvalue weighted by Crippen LogP contribution is 2.27. The van der Waals surface area contributed by atoms with Gasteiger partial charge in [-0.25, -0.2) is 0 Å². The molecule has 0 aliphatic heterocycles. The number of aromatic nitrogens is 3. The normalized spacial score (nSPS) is 11.5. The van der Waals surface area contributed by atoms with Crippen LogP contribution in [0.1, 0.15) is 48.1 Å². The van der Waals surface area contributed by atoms with Gasteiger partial charge in [-0.15, -0.1) is 0 Å². The third kappa shape index (κ3) is 5.10. The average Bonchev–Trinajstić information content (AvgIpc) is 2.82. The van der Waals surface area contributed by atoms with Crippen molar-refractivity contribution < 1.29 is 9.59 Å². The van der Waals surface area contributed by atoms with Crippen molar-refractivity contribution >= 4 is 28.3 Å². The number of nitrogens with zero attached hydrogens (tertiary/aromatic N) is 3. The molecule has 0 bridgehead atoms. The maximum absolute atomic E-state index is 13.2. The highest BCUT2D eigenvalue weighted by Gasteiger charge is 2.22. The first-order valence-electron chi connectivity index (χ1n) is 11.8. The van der Waals surface area contributed by atoms with Gasteiger partial charge in [0.05, 0.1) is 5.52 Å². The van der Waals surface area contributed by atoms with Gasteiger partial charge in [-0.3, -0.25) is 24.4 Å². The molecule has 0 radical (unpaired) electrons. The van der Waals surface area contributed by atoms with Crippen LogP contribution in [-0.2, 0) is 18.3 Å². The van der Waals surface area contributed by atoms with Crippen molar-refractivity contribution in [3.05, 3.63) is 87.7 Å². The van der Waals surface area contributed by atoms with Crippen molar-refractivity contribution in [3.63, 3.8) is 0 Å². The third-order valence-electron chi connectivity index (χ3n) is 6.29. The van der Waals surface area contributed by atoms with Crippen LogP contribution in [0.15, 0.2) is 59.7 Å². The highest BCUT2D eigenvalue weighted by atomic mass is 16.2. The number of pyridine rings is 3. The van der Waals surface area contributed by atoms with Crippen molar-refractivity contribution in [2.24, 2.45) is 12.5 Å². The number of hydrogen-bond donors (Lipinski definition) is 1. The minimum absolute atomic E-state index is 0.0538. The van der Waals surface area contributed by atoms with E-state index in [-0.39, 0.29) is 23.7 Å². The van der Waals surface area contributed by atoms with E-state index >= 15 is 0 Å². The number of ketones is 1. The summed E-state index contributed by atoms with van der Waals surface area (Å²) in [7, 11) is 1.75. The third-order valence-corrected chi connectivity index (χ3v) is 6.29. The van der Waals surface area contributed by atoms with E-state index in [1.54, 1.807) is 36.0 Å². The molecular weight excluding hydrogens is 452 g/mol. The molecule has 7 heteroatoms. The average molecular weight is 483 g/mol. The Kier molecular flexibility index (Phi) is 6.59. The Balaban J connectivity index is 1.64. The molecule has 184 valence electrons. The molecular formula is C29H30N4O3. The Morgan fingerprint density at radius 3 is 2.44 bits per heavy atom. The van der Waals surface area contributed by atoms with Gasteiger partial charge in [0.25, 0.3) is 11.5 Å². The fraction of sp³-hybridized carbons (Fsp3) is 0.276. The number of fused-ring (bicyclic) bond motifs is 1. The molecule has 0 saturated carbocycles. The number of carbonyl (C=O) groups excluding carboxylic acids is 2. The van der Waals surface area contributed by atoms with Crippen LogP contribution in [-0.4, -0.2) is 26.2 Å². The van der Waals surface area contributed by atoms with E-state index in [1.807, 2.05) is 58.9 Å². The quantitative estimate of drug-likeness (QED) is 0.431. The van der Waals surface area contributed by atoms with Crippen molar-refractivity contribution in [2.75, 3.05) is 5.32 Å². The van der Waals surface area contributed by atoms with Crippen LogP contribution in [0.3, 0.4) is 0 Å². The van der Waals surface area contributed by atoms with E-state index in [2.05, 4.69) is 15.3 Å². The molecule has 1 amide bonds. The Labute approximate surface area is 210 Å². The predicted octanol–water partition coefficient (Wildman–Crippen LogP) is 5.02. The molecule has 4 aromatic rings. The first-order chi connectivity index (χ1) is 16.9.